The number of aromatic nitrogens is 2. The third-order valence-electron chi connectivity index (χ3n) is 13.7. The van der Waals surface area contributed by atoms with Crippen molar-refractivity contribution in [1.82, 2.24) is 20.2 Å². The van der Waals surface area contributed by atoms with Crippen molar-refractivity contribution in [3.8, 4) is 5.75 Å². The van der Waals surface area contributed by atoms with Crippen molar-refractivity contribution in [2.75, 3.05) is 41.0 Å². The molecule has 10 rings (SSSR count). The van der Waals surface area contributed by atoms with Gasteiger partial charge in [-0.05, 0) is 80.0 Å². The number of benzene rings is 2. The summed E-state index contributed by atoms with van der Waals surface area (Å²) in [7, 11) is 4.82. The summed E-state index contributed by atoms with van der Waals surface area (Å²) >= 11 is 0. The molecule has 3 saturated heterocycles. The number of fused-ring (bicyclic) bond motifs is 9. The van der Waals surface area contributed by atoms with E-state index < -0.39 is 5.41 Å². The molecule has 9 heteroatoms. The van der Waals surface area contributed by atoms with Gasteiger partial charge in [0.1, 0.15) is 11.2 Å². The normalized spacial score (nSPS) is 33.2. The smallest absolute Gasteiger partial charge is 0.319 e. The number of carbonyl (C=O) groups is 2. The Bertz CT molecular complexity index is 2080. The highest BCUT2D eigenvalue weighted by Crippen LogP contribution is 2.56. The largest absolute Gasteiger partial charge is 0.496 e. The maximum atomic E-state index is 14.2. The average molecular weight is 691 g/mol. The molecular formula is C42H50N4O5. The number of aromatic amines is 2. The van der Waals surface area contributed by atoms with Crippen LogP contribution in [0, 0.1) is 23.7 Å². The first-order valence-electron chi connectivity index (χ1n) is 19.0. The Hall–Kier alpha value is -4.08. The standard InChI is InChI=1S/C42H50N4O5/c1-6-23-14-22-19-42(41(48)51-5)38-26(12-13-46(21-22)39(23)42)28-16-29(35(49-3)18-33(28)45-38)30-15-27-24(7-2)20-43-34(36(27)40(47)50-4)17-31-25-10-8-9-11-32(25)44-37(30)31/h7-11,16,18,22-23,27,30,34,36,39,43-45H,6,12-15,17,19-21H2,1-5H3/b24-7-/t22-,23-,27?,30+,34+,36?,39-,42+/m0/s1. The molecule has 9 atom stereocenters. The van der Waals surface area contributed by atoms with Crippen LogP contribution in [0.4, 0.5) is 0 Å². The van der Waals surface area contributed by atoms with Gasteiger partial charge in [-0.15, -0.1) is 0 Å². The van der Waals surface area contributed by atoms with Crippen molar-refractivity contribution >= 4 is 33.7 Å². The van der Waals surface area contributed by atoms with Crippen molar-refractivity contribution in [3.05, 3.63) is 76.1 Å². The van der Waals surface area contributed by atoms with Crippen LogP contribution in [0.2, 0.25) is 0 Å². The molecule has 0 radical (unpaired) electrons. The number of rotatable bonds is 5. The summed E-state index contributed by atoms with van der Waals surface area (Å²) in [5, 5.41) is 6.06. The minimum Gasteiger partial charge on any atom is -0.496 e. The number of ether oxygens (including phenoxy) is 3. The molecule has 0 spiro atoms. The number of allylic oxidation sites excluding steroid dienone is 1. The lowest BCUT2D eigenvalue weighted by molar-refractivity contribution is -0.162. The Labute approximate surface area is 299 Å². The van der Waals surface area contributed by atoms with E-state index in [2.05, 4.69) is 76.5 Å². The number of piperidine rings is 3. The predicted octanol–water partition coefficient (Wildman–Crippen LogP) is 6.15. The SMILES string of the molecule is C/C=C1/CN[C@@H]2Cc3c([nH]c4ccccc34)[C@@H](c3cc4c5c([nH]c4cc3OC)[C@]3(C(=O)OC)C[C@@H]4C[C@H](CC)[C@@H]3N(CC5)C4)CC1C2C(=O)OC. The Morgan fingerprint density at radius 2 is 1.86 bits per heavy atom. The number of hydrogen-bond donors (Lipinski definition) is 3. The number of methoxy groups -OCH3 is 3. The van der Waals surface area contributed by atoms with Gasteiger partial charge in [0.2, 0.25) is 0 Å². The summed E-state index contributed by atoms with van der Waals surface area (Å²) in [6, 6.07) is 13.1. The van der Waals surface area contributed by atoms with Gasteiger partial charge < -0.3 is 29.5 Å². The molecule has 268 valence electrons. The number of hydrogen-bond acceptors (Lipinski definition) is 7. The van der Waals surface area contributed by atoms with Crippen molar-refractivity contribution in [2.45, 2.75) is 75.8 Å². The lowest BCUT2D eigenvalue weighted by Crippen LogP contribution is -2.67. The molecular weight excluding hydrogens is 640 g/mol. The highest BCUT2D eigenvalue weighted by atomic mass is 16.5. The van der Waals surface area contributed by atoms with E-state index in [4.69, 9.17) is 14.2 Å². The number of H-pyrrole nitrogens is 2. The van der Waals surface area contributed by atoms with Gasteiger partial charge in [0.25, 0.3) is 0 Å². The van der Waals surface area contributed by atoms with Crippen LogP contribution >= 0.6 is 0 Å². The van der Waals surface area contributed by atoms with E-state index in [1.165, 1.54) is 41.3 Å². The molecule has 4 fully saturated rings. The van der Waals surface area contributed by atoms with Crippen molar-refractivity contribution in [3.63, 3.8) is 0 Å². The van der Waals surface area contributed by atoms with Crippen LogP contribution in [-0.2, 0) is 37.3 Å². The molecule has 6 bridgehead atoms. The van der Waals surface area contributed by atoms with Gasteiger partial charge in [-0.2, -0.15) is 0 Å². The lowest BCUT2D eigenvalue weighted by atomic mass is 9.56. The first kappa shape index (κ1) is 32.8. The summed E-state index contributed by atoms with van der Waals surface area (Å²) in [4.78, 5) is 38.2. The molecule has 51 heavy (non-hydrogen) atoms. The fourth-order valence-corrected chi connectivity index (χ4v) is 11.7. The van der Waals surface area contributed by atoms with Crippen molar-refractivity contribution in [1.29, 1.82) is 0 Å². The van der Waals surface area contributed by atoms with Gasteiger partial charge in [0.15, 0.2) is 0 Å². The van der Waals surface area contributed by atoms with Gasteiger partial charge in [-0.1, -0.05) is 43.2 Å². The van der Waals surface area contributed by atoms with E-state index >= 15 is 0 Å². The lowest BCUT2D eigenvalue weighted by Gasteiger charge is -2.57. The first-order valence-corrected chi connectivity index (χ1v) is 19.0. The minimum absolute atomic E-state index is 0.00169. The molecule has 6 heterocycles. The summed E-state index contributed by atoms with van der Waals surface area (Å²) < 4.78 is 17.5. The highest BCUT2D eigenvalue weighted by Gasteiger charge is 2.62. The van der Waals surface area contributed by atoms with Crippen molar-refractivity contribution < 1.29 is 23.8 Å². The van der Waals surface area contributed by atoms with Gasteiger partial charge >= 0.3 is 11.9 Å². The second-order valence-corrected chi connectivity index (χ2v) is 15.8. The minimum atomic E-state index is -0.724. The van der Waals surface area contributed by atoms with Gasteiger partial charge in [-0.25, -0.2) is 0 Å². The quantitative estimate of drug-likeness (QED) is 0.170. The molecule has 2 aromatic carbocycles. The summed E-state index contributed by atoms with van der Waals surface area (Å²) in [5.41, 5.74) is 8.42. The number of para-hydroxylation sites is 1. The molecule has 3 unspecified atom stereocenters. The van der Waals surface area contributed by atoms with E-state index in [9.17, 15) is 9.59 Å². The Morgan fingerprint density at radius 3 is 2.63 bits per heavy atom. The van der Waals surface area contributed by atoms with E-state index in [-0.39, 0.29) is 41.8 Å². The molecule has 2 aliphatic carbocycles. The average Bonchev–Trinajstić information content (AvgIpc) is 3.68. The van der Waals surface area contributed by atoms with E-state index in [0.717, 1.165) is 78.7 Å². The topological polar surface area (TPSA) is 109 Å². The number of esters is 2. The third-order valence-corrected chi connectivity index (χ3v) is 13.7. The first-order chi connectivity index (χ1) is 24.8. The summed E-state index contributed by atoms with van der Waals surface area (Å²) in [6.45, 7) is 7.08. The number of carbonyl (C=O) groups excluding carboxylic acids is 2. The van der Waals surface area contributed by atoms with Gasteiger partial charge in [0, 0.05) is 82.5 Å². The van der Waals surface area contributed by atoms with Crippen LogP contribution in [0.5, 0.6) is 5.75 Å². The maximum Gasteiger partial charge on any atom is 0.319 e. The zero-order valence-corrected chi connectivity index (χ0v) is 30.4. The molecule has 0 amide bonds. The van der Waals surface area contributed by atoms with Gasteiger partial charge in [0.05, 0.1) is 27.2 Å². The molecule has 4 aliphatic heterocycles. The molecule has 1 saturated carbocycles. The van der Waals surface area contributed by atoms with Crippen LogP contribution in [0.3, 0.4) is 0 Å². The molecule has 4 aromatic rings. The zero-order valence-electron chi connectivity index (χ0n) is 30.4. The predicted molar refractivity (Wildman–Crippen MR) is 197 cm³/mol. The van der Waals surface area contributed by atoms with Crippen LogP contribution in [0.1, 0.15) is 73.5 Å². The zero-order chi connectivity index (χ0) is 35.2. The third kappa shape index (κ3) is 4.66. The Morgan fingerprint density at radius 1 is 1.02 bits per heavy atom. The fraction of sp³-hybridized carbons (Fsp3) is 0.524. The summed E-state index contributed by atoms with van der Waals surface area (Å²) in [6.07, 6.45) is 7.54. The maximum absolute atomic E-state index is 14.2. The molecule has 9 nitrogen and oxygen atoms in total. The Kier molecular flexibility index (Phi) is 7.89. The van der Waals surface area contributed by atoms with E-state index in [1.54, 1.807) is 14.2 Å². The number of nitrogens with zero attached hydrogens (tertiary/aromatic N) is 1. The highest BCUT2D eigenvalue weighted by molar-refractivity contribution is 5.93. The molecule has 2 aromatic heterocycles. The van der Waals surface area contributed by atoms with Crippen molar-refractivity contribution in [2.24, 2.45) is 23.7 Å². The second-order valence-electron chi connectivity index (χ2n) is 15.8. The Balaban J connectivity index is 1.27. The van der Waals surface area contributed by atoms with Crippen LogP contribution in [-0.4, -0.2) is 79.9 Å². The fourth-order valence-electron chi connectivity index (χ4n) is 11.7. The van der Waals surface area contributed by atoms with Crippen LogP contribution < -0.4 is 10.1 Å². The van der Waals surface area contributed by atoms with E-state index in [1.807, 2.05) is 0 Å². The van der Waals surface area contributed by atoms with Crippen LogP contribution in [0.25, 0.3) is 21.8 Å². The summed E-state index contributed by atoms with van der Waals surface area (Å²) in [5.74, 6) is 1.06. The molecule has 6 aliphatic rings. The van der Waals surface area contributed by atoms with E-state index in [0.29, 0.717) is 18.3 Å². The van der Waals surface area contributed by atoms with Crippen LogP contribution in [0.15, 0.2) is 48.0 Å². The number of nitrogens with one attached hydrogen (secondary N) is 3. The second kappa shape index (κ2) is 12.3. The molecule has 3 N–H and O–H groups in total. The van der Waals surface area contributed by atoms with Gasteiger partial charge in [-0.3, -0.25) is 14.5 Å². The monoisotopic (exact) mass is 690 g/mol.